The molecule has 0 aliphatic carbocycles. The van der Waals surface area contributed by atoms with Gasteiger partial charge in [0.05, 0.1) is 12.1 Å². The van der Waals surface area contributed by atoms with Gasteiger partial charge < -0.3 is 4.74 Å². The van der Waals surface area contributed by atoms with E-state index in [1.165, 1.54) is 6.07 Å². The van der Waals surface area contributed by atoms with E-state index in [1.807, 2.05) is 32.9 Å². The molecule has 3 nitrogen and oxygen atoms in total. The minimum atomic E-state index is -4.60. The average molecular weight is 348 g/mol. The van der Waals surface area contributed by atoms with Gasteiger partial charge in [0.1, 0.15) is 11.9 Å². The van der Waals surface area contributed by atoms with E-state index >= 15 is 0 Å². The Labute approximate surface area is 145 Å². The van der Waals surface area contributed by atoms with Crippen LogP contribution in [0.25, 0.3) is 4.85 Å². The Morgan fingerprint density at radius 1 is 1.20 bits per heavy atom. The van der Waals surface area contributed by atoms with E-state index < -0.39 is 23.5 Å². The first-order valence-electron chi connectivity index (χ1n) is 7.88. The van der Waals surface area contributed by atoms with Crippen LogP contribution in [0.1, 0.15) is 43.2 Å². The van der Waals surface area contributed by atoms with Gasteiger partial charge in [0.25, 0.3) is 0 Å². The first-order chi connectivity index (χ1) is 11.7. The van der Waals surface area contributed by atoms with E-state index in [1.54, 1.807) is 6.20 Å². The largest absolute Gasteiger partial charge is 0.486 e. The quantitative estimate of drug-likeness (QED) is 0.608. The SMILES string of the molecule is [C-]#[N+]c1ccc(OC(CC(C)C)c2ccc(C)nc2)cc1C(F)(F)F. The molecule has 0 aliphatic rings. The van der Waals surface area contributed by atoms with Crippen molar-refractivity contribution in [1.29, 1.82) is 0 Å². The highest BCUT2D eigenvalue weighted by molar-refractivity contribution is 5.56. The number of rotatable bonds is 5. The van der Waals surface area contributed by atoms with Gasteiger partial charge in [-0.25, -0.2) is 4.85 Å². The van der Waals surface area contributed by atoms with Crippen LogP contribution in [-0.4, -0.2) is 4.98 Å². The number of aryl methyl sites for hydroxylation is 1. The third kappa shape index (κ3) is 4.96. The number of benzene rings is 1. The maximum absolute atomic E-state index is 13.1. The van der Waals surface area contributed by atoms with Gasteiger partial charge >= 0.3 is 6.18 Å². The van der Waals surface area contributed by atoms with Crippen molar-refractivity contribution in [3.63, 3.8) is 0 Å². The van der Waals surface area contributed by atoms with Crippen LogP contribution in [0.2, 0.25) is 0 Å². The molecular weight excluding hydrogens is 329 g/mol. The molecule has 2 aromatic rings. The summed E-state index contributed by atoms with van der Waals surface area (Å²) in [5, 5.41) is 0. The number of aromatic nitrogens is 1. The molecule has 132 valence electrons. The fourth-order valence-corrected chi connectivity index (χ4v) is 2.43. The summed E-state index contributed by atoms with van der Waals surface area (Å²) in [6, 6.07) is 7.15. The van der Waals surface area contributed by atoms with E-state index in [0.717, 1.165) is 23.4 Å². The molecule has 0 bridgehead atoms. The van der Waals surface area contributed by atoms with Gasteiger partial charge in [-0.1, -0.05) is 26.0 Å². The second-order valence-electron chi connectivity index (χ2n) is 6.26. The van der Waals surface area contributed by atoms with Crippen molar-refractivity contribution in [1.82, 2.24) is 4.98 Å². The number of halogens is 3. The van der Waals surface area contributed by atoms with Crippen molar-refractivity contribution in [3.8, 4) is 5.75 Å². The fourth-order valence-electron chi connectivity index (χ4n) is 2.43. The van der Waals surface area contributed by atoms with Crippen LogP contribution in [0.3, 0.4) is 0 Å². The predicted molar refractivity (Wildman–Crippen MR) is 89.5 cm³/mol. The molecule has 25 heavy (non-hydrogen) atoms. The zero-order valence-corrected chi connectivity index (χ0v) is 14.3. The number of ether oxygens (including phenoxy) is 1. The van der Waals surface area contributed by atoms with E-state index in [4.69, 9.17) is 11.3 Å². The van der Waals surface area contributed by atoms with Crippen molar-refractivity contribution in [3.05, 3.63) is 64.8 Å². The third-order valence-electron chi connectivity index (χ3n) is 3.66. The Morgan fingerprint density at radius 3 is 2.44 bits per heavy atom. The van der Waals surface area contributed by atoms with E-state index in [-0.39, 0.29) is 11.7 Å². The fraction of sp³-hybridized carbons (Fsp3) is 0.368. The molecule has 1 unspecified atom stereocenters. The van der Waals surface area contributed by atoms with Crippen LogP contribution in [-0.2, 0) is 6.18 Å². The summed E-state index contributed by atoms with van der Waals surface area (Å²) in [5.74, 6) is 0.377. The lowest BCUT2D eigenvalue weighted by Crippen LogP contribution is -2.12. The smallest absolute Gasteiger partial charge is 0.407 e. The van der Waals surface area contributed by atoms with Gasteiger partial charge in [-0.15, -0.1) is 0 Å². The van der Waals surface area contributed by atoms with Crippen molar-refractivity contribution in [2.75, 3.05) is 0 Å². The van der Waals surface area contributed by atoms with Crippen LogP contribution < -0.4 is 4.74 Å². The molecule has 1 heterocycles. The summed E-state index contributed by atoms with van der Waals surface area (Å²) in [6.45, 7) is 12.8. The van der Waals surface area contributed by atoms with E-state index in [0.29, 0.717) is 6.42 Å². The van der Waals surface area contributed by atoms with Gasteiger partial charge in [0.2, 0.25) is 0 Å². The molecule has 1 aromatic heterocycles. The summed E-state index contributed by atoms with van der Waals surface area (Å²) < 4.78 is 45.2. The molecular formula is C19H19F3N2O. The van der Waals surface area contributed by atoms with Gasteiger partial charge in [-0.3, -0.25) is 4.98 Å². The Hall–Kier alpha value is -2.55. The lowest BCUT2D eigenvalue weighted by molar-refractivity contribution is -0.137. The Bertz CT molecular complexity index is 762. The standard InChI is InChI=1S/C19H19F3N2O/c1-12(2)9-18(14-6-5-13(3)24-11-14)25-15-7-8-17(23-4)16(10-15)19(20,21)22/h5-8,10-12,18H,9H2,1-3H3. The molecule has 0 saturated heterocycles. The Balaban J connectivity index is 2.36. The zero-order valence-electron chi connectivity index (χ0n) is 14.3. The molecule has 1 aromatic carbocycles. The third-order valence-corrected chi connectivity index (χ3v) is 3.66. The highest BCUT2D eigenvalue weighted by atomic mass is 19.4. The molecule has 0 amide bonds. The zero-order chi connectivity index (χ0) is 18.6. The van der Waals surface area contributed by atoms with E-state index in [2.05, 4.69) is 9.83 Å². The van der Waals surface area contributed by atoms with Crippen molar-refractivity contribution in [2.24, 2.45) is 5.92 Å². The summed E-state index contributed by atoms with van der Waals surface area (Å²) in [4.78, 5) is 7.17. The lowest BCUT2D eigenvalue weighted by Gasteiger charge is -2.22. The predicted octanol–water partition coefficient (Wildman–Crippen LogP) is 6.13. The molecule has 0 spiro atoms. The Kier molecular flexibility index (Phi) is 5.68. The maximum Gasteiger partial charge on any atom is 0.407 e. The molecule has 0 radical (unpaired) electrons. The molecule has 0 fully saturated rings. The molecule has 0 saturated carbocycles. The molecule has 1 atom stereocenters. The number of hydrogen-bond donors (Lipinski definition) is 0. The molecule has 2 rings (SSSR count). The monoisotopic (exact) mass is 348 g/mol. The topological polar surface area (TPSA) is 26.5 Å². The first kappa shape index (κ1) is 18.8. The van der Waals surface area contributed by atoms with Crippen molar-refractivity contribution in [2.45, 2.75) is 39.5 Å². The number of nitrogens with zero attached hydrogens (tertiary/aromatic N) is 2. The second-order valence-corrected chi connectivity index (χ2v) is 6.26. The molecule has 6 heteroatoms. The maximum atomic E-state index is 13.1. The normalized spacial score (nSPS) is 12.7. The number of pyridine rings is 1. The number of alkyl halides is 3. The average Bonchev–Trinajstić information content (AvgIpc) is 2.53. The minimum Gasteiger partial charge on any atom is -0.486 e. The Morgan fingerprint density at radius 2 is 1.92 bits per heavy atom. The first-order valence-corrected chi connectivity index (χ1v) is 7.88. The molecule has 0 aliphatic heterocycles. The van der Waals surface area contributed by atoms with Gasteiger partial charge in [-0.2, -0.15) is 13.2 Å². The van der Waals surface area contributed by atoms with E-state index in [9.17, 15) is 13.2 Å². The number of hydrogen-bond acceptors (Lipinski definition) is 2. The van der Waals surface area contributed by atoms with Crippen LogP contribution >= 0.6 is 0 Å². The summed E-state index contributed by atoms with van der Waals surface area (Å²) in [5.41, 5.74) is 0.248. The minimum absolute atomic E-state index is 0.0888. The highest BCUT2D eigenvalue weighted by Gasteiger charge is 2.34. The summed E-state index contributed by atoms with van der Waals surface area (Å²) in [7, 11) is 0. The van der Waals surface area contributed by atoms with Crippen LogP contribution in [0.4, 0.5) is 18.9 Å². The van der Waals surface area contributed by atoms with Crippen LogP contribution in [0, 0.1) is 19.4 Å². The van der Waals surface area contributed by atoms with Gasteiger partial charge in [-0.05, 0) is 37.5 Å². The van der Waals surface area contributed by atoms with Crippen molar-refractivity contribution >= 4 is 5.69 Å². The van der Waals surface area contributed by atoms with Crippen LogP contribution in [0.15, 0.2) is 36.5 Å². The van der Waals surface area contributed by atoms with Gasteiger partial charge in [0.15, 0.2) is 5.69 Å². The summed E-state index contributed by atoms with van der Waals surface area (Å²) >= 11 is 0. The van der Waals surface area contributed by atoms with Gasteiger partial charge in [0, 0.05) is 17.5 Å². The molecule has 0 N–H and O–H groups in total. The van der Waals surface area contributed by atoms with Crippen molar-refractivity contribution < 1.29 is 17.9 Å². The second kappa shape index (κ2) is 7.56. The summed E-state index contributed by atoms with van der Waals surface area (Å²) in [6.07, 6.45) is -2.69. The highest BCUT2D eigenvalue weighted by Crippen LogP contribution is 2.39. The van der Waals surface area contributed by atoms with Crippen LogP contribution in [0.5, 0.6) is 5.75 Å². The lowest BCUT2D eigenvalue weighted by atomic mass is 10.0.